The highest BCUT2D eigenvalue weighted by Crippen LogP contribution is 2.26. The molecule has 1 heterocycles. The first-order valence-corrected chi connectivity index (χ1v) is 5.94. The van der Waals surface area contributed by atoms with Gasteiger partial charge in [0.1, 0.15) is 0 Å². The third-order valence-corrected chi connectivity index (χ3v) is 3.06. The van der Waals surface area contributed by atoms with Gasteiger partial charge in [0.05, 0.1) is 10.6 Å². The van der Waals surface area contributed by atoms with Crippen LogP contribution in [0.3, 0.4) is 0 Å². The number of carbonyl (C=O) groups excluding carboxylic acids is 1. The molecule has 2 aromatic rings. The van der Waals surface area contributed by atoms with Gasteiger partial charge in [0, 0.05) is 31.7 Å². The van der Waals surface area contributed by atoms with Gasteiger partial charge < -0.3 is 4.90 Å². The monoisotopic (exact) mass is 260 g/mol. The van der Waals surface area contributed by atoms with Gasteiger partial charge in [-0.15, -0.1) is 0 Å². The number of aldehydes is 1. The molecule has 0 fully saturated rings. The average Bonchev–Trinajstić information content (AvgIpc) is 2.39. The fourth-order valence-corrected chi connectivity index (χ4v) is 2.04. The molecule has 3 nitrogen and oxygen atoms in total. The van der Waals surface area contributed by atoms with Crippen LogP contribution in [0.5, 0.6) is 0 Å². The van der Waals surface area contributed by atoms with Crippen LogP contribution in [-0.2, 0) is 6.54 Å². The lowest BCUT2D eigenvalue weighted by Gasteiger charge is -2.21. The molecule has 0 N–H and O–H groups in total. The van der Waals surface area contributed by atoms with Gasteiger partial charge in [0.25, 0.3) is 0 Å². The zero-order valence-corrected chi connectivity index (χ0v) is 10.8. The Kier molecular flexibility index (Phi) is 3.95. The highest BCUT2D eigenvalue weighted by atomic mass is 35.5. The molecule has 18 heavy (non-hydrogen) atoms. The van der Waals surface area contributed by atoms with E-state index in [4.69, 9.17) is 11.6 Å². The summed E-state index contributed by atoms with van der Waals surface area (Å²) in [6.45, 7) is 0.698. The van der Waals surface area contributed by atoms with Gasteiger partial charge in [-0.25, -0.2) is 0 Å². The van der Waals surface area contributed by atoms with Crippen LogP contribution >= 0.6 is 11.6 Å². The Hall–Kier alpha value is -1.87. The van der Waals surface area contributed by atoms with Crippen LogP contribution < -0.4 is 4.90 Å². The maximum Gasteiger partial charge on any atom is 0.153 e. The summed E-state index contributed by atoms with van der Waals surface area (Å²) in [5.41, 5.74) is 2.48. The molecule has 0 atom stereocenters. The van der Waals surface area contributed by atoms with E-state index in [2.05, 4.69) is 4.98 Å². The first-order chi connectivity index (χ1) is 8.72. The number of aromatic nitrogens is 1. The van der Waals surface area contributed by atoms with E-state index in [-0.39, 0.29) is 0 Å². The van der Waals surface area contributed by atoms with Crippen molar-refractivity contribution in [3.63, 3.8) is 0 Å². The predicted octanol–water partition coefficient (Wildman–Crippen LogP) is 3.18. The fourth-order valence-electron chi connectivity index (χ4n) is 1.82. The summed E-state index contributed by atoms with van der Waals surface area (Å²) < 4.78 is 0. The lowest BCUT2D eigenvalue weighted by Crippen LogP contribution is -2.18. The van der Waals surface area contributed by atoms with Crippen LogP contribution in [0, 0.1) is 0 Å². The summed E-state index contributed by atoms with van der Waals surface area (Å²) in [7, 11) is 1.93. The maximum atomic E-state index is 11.1. The molecule has 0 aliphatic heterocycles. The van der Waals surface area contributed by atoms with E-state index < -0.39 is 0 Å². The third kappa shape index (κ3) is 2.68. The van der Waals surface area contributed by atoms with Crippen molar-refractivity contribution in [3.05, 3.63) is 58.9 Å². The minimum atomic E-state index is 0.476. The van der Waals surface area contributed by atoms with Gasteiger partial charge in [0.15, 0.2) is 6.29 Å². The summed E-state index contributed by atoms with van der Waals surface area (Å²) in [5, 5.41) is 0.476. The normalized spacial score (nSPS) is 10.1. The van der Waals surface area contributed by atoms with E-state index in [0.717, 1.165) is 17.5 Å². The van der Waals surface area contributed by atoms with E-state index in [1.807, 2.05) is 36.2 Å². The second kappa shape index (κ2) is 5.65. The molecule has 0 aliphatic carbocycles. The number of carbonyl (C=O) groups is 1. The van der Waals surface area contributed by atoms with Crippen molar-refractivity contribution in [1.29, 1.82) is 0 Å². The number of pyridine rings is 1. The summed E-state index contributed by atoms with van der Waals surface area (Å²) in [6, 6.07) is 9.34. The fraction of sp³-hybridized carbons (Fsp3) is 0.143. The molecule has 1 aromatic carbocycles. The highest BCUT2D eigenvalue weighted by Gasteiger charge is 2.10. The zero-order chi connectivity index (χ0) is 13.0. The van der Waals surface area contributed by atoms with Crippen LogP contribution in [0.15, 0.2) is 42.7 Å². The number of halogens is 1. The van der Waals surface area contributed by atoms with E-state index >= 15 is 0 Å². The smallest absolute Gasteiger partial charge is 0.153 e. The molecule has 0 bridgehead atoms. The van der Waals surface area contributed by atoms with Crippen molar-refractivity contribution in [1.82, 2.24) is 4.98 Å². The maximum absolute atomic E-state index is 11.1. The molecule has 0 aliphatic rings. The van der Waals surface area contributed by atoms with Crippen LogP contribution in [-0.4, -0.2) is 18.3 Å². The Morgan fingerprint density at radius 3 is 2.67 bits per heavy atom. The van der Waals surface area contributed by atoms with Crippen molar-refractivity contribution >= 4 is 23.6 Å². The van der Waals surface area contributed by atoms with Crippen LogP contribution in [0.1, 0.15) is 15.9 Å². The minimum Gasteiger partial charge on any atom is -0.370 e. The molecule has 0 radical (unpaired) electrons. The van der Waals surface area contributed by atoms with Crippen LogP contribution in [0.25, 0.3) is 0 Å². The van der Waals surface area contributed by atoms with Gasteiger partial charge in [-0.3, -0.25) is 9.78 Å². The first kappa shape index (κ1) is 12.6. The Morgan fingerprint density at radius 1 is 1.28 bits per heavy atom. The predicted molar refractivity (Wildman–Crippen MR) is 73.2 cm³/mol. The molecule has 0 spiro atoms. The average molecular weight is 261 g/mol. The van der Waals surface area contributed by atoms with Gasteiger partial charge in [-0.05, 0) is 29.8 Å². The summed E-state index contributed by atoms with van der Waals surface area (Å²) >= 11 is 6.01. The third-order valence-electron chi connectivity index (χ3n) is 2.73. The molecule has 92 valence electrons. The Morgan fingerprint density at radius 2 is 2.00 bits per heavy atom. The lowest BCUT2D eigenvalue weighted by molar-refractivity contribution is 0.112. The number of hydrogen-bond donors (Lipinski definition) is 0. The standard InChI is InChI=1S/C14H13ClN2O/c1-17(9-11-5-7-16-8-6-11)14-4-2-3-13(15)12(14)10-18/h2-8,10H,9H2,1H3. The SMILES string of the molecule is CN(Cc1ccncc1)c1cccc(Cl)c1C=O. The van der Waals surface area contributed by atoms with E-state index in [0.29, 0.717) is 17.1 Å². The van der Waals surface area contributed by atoms with Gasteiger partial charge in [-0.2, -0.15) is 0 Å². The molecular formula is C14H13ClN2O. The van der Waals surface area contributed by atoms with E-state index in [1.54, 1.807) is 18.5 Å². The molecule has 0 saturated heterocycles. The van der Waals surface area contributed by atoms with Gasteiger partial charge in [0.2, 0.25) is 0 Å². The van der Waals surface area contributed by atoms with Gasteiger partial charge in [-0.1, -0.05) is 17.7 Å². The van der Waals surface area contributed by atoms with Crippen molar-refractivity contribution in [3.8, 4) is 0 Å². The molecule has 0 amide bonds. The molecule has 2 rings (SSSR count). The highest BCUT2D eigenvalue weighted by molar-refractivity contribution is 6.33. The largest absolute Gasteiger partial charge is 0.370 e. The number of anilines is 1. The van der Waals surface area contributed by atoms with Crippen molar-refractivity contribution in [2.75, 3.05) is 11.9 Å². The van der Waals surface area contributed by atoms with Crippen molar-refractivity contribution in [2.24, 2.45) is 0 Å². The van der Waals surface area contributed by atoms with Crippen molar-refractivity contribution < 1.29 is 4.79 Å². The molecule has 0 unspecified atom stereocenters. The Labute approximate surface area is 111 Å². The first-order valence-electron chi connectivity index (χ1n) is 5.56. The number of hydrogen-bond acceptors (Lipinski definition) is 3. The summed E-state index contributed by atoms with van der Waals surface area (Å²) in [4.78, 5) is 17.1. The molecule has 0 saturated carbocycles. The minimum absolute atomic E-state index is 0.476. The zero-order valence-electron chi connectivity index (χ0n) is 10.0. The Balaban J connectivity index is 2.26. The van der Waals surface area contributed by atoms with Crippen LogP contribution in [0.4, 0.5) is 5.69 Å². The lowest BCUT2D eigenvalue weighted by atomic mass is 10.1. The summed E-state index contributed by atoms with van der Waals surface area (Å²) in [5.74, 6) is 0. The molecule has 4 heteroatoms. The summed E-state index contributed by atoms with van der Waals surface area (Å²) in [6.07, 6.45) is 4.30. The number of benzene rings is 1. The number of nitrogens with zero attached hydrogens (tertiary/aromatic N) is 2. The molecular weight excluding hydrogens is 248 g/mol. The van der Waals surface area contributed by atoms with Crippen molar-refractivity contribution in [2.45, 2.75) is 6.54 Å². The Bertz CT molecular complexity index is 543. The quantitative estimate of drug-likeness (QED) is 0.792. The van der Waals surface area contributed by atoms with Gasteiger partial charge >= 0.3 is 0 Å². The second-order valence-electron chi connectivity index (χ2n) is 4.00. The van der Waals surface area contributed by atoms with E-state index in [9.17, 15) is 4.79 Å². The topological polar surface area (TPSA) is 33.2 Å². The molecule has 1 aromatic heterocycles. The number of rotatable bonds is 4. The second-order valence-corrected chi connectivity index (χ2v) is 4.41. The van der Waals surface area contributed by atoms with E-state index in [1.165, 1.54) is 0 Å². The van der Waals surface area contributed by atoms with Crippen LogP contribution in [0.2, 0.25) is 5.02 Å².